The average molecular weight is 348 g/mol. The predicted molar refractivity (Wildman–Crippen MR) is 110 cm³/mol. The van der Waals surface area contributed by atoms with E-state index in [0.717, 1.165) is 26.3 Å². The molecule has 1 fully saturated rings. The van der Waals surface area contributed by atoms with Gasteiger partial charge in [-0.3, -0.25) is 0 Å². The van der Waals surface area contributed by atoms with Crippen LogP contribution in [0.2, 0.25) is 0 Å². The minimum atomic E-state index is 0.107. The van der Waals surface area contributed by atoms with Crippen molar-refractivity contribution in [2.75, 3.05) is 43.2 Å². The highest BCUT2D eigenvalue weighted by molar-refractivity contribution is 5.66. The summed E-state index contributed by atoms with van der Waals surface area (Å²) in [5.74, 6) is 0. The Kier molecular flexibility index (Phi) is 4.49. The molecule has 0 radical (unpaired) electrons. The van der Waals surface area contributed by atoms with Crippen molar-refractivity contribution < 1.29 is 4.74 Å². The lowest BCUT2D eigenvalue weighted by Crippen LogP contribution is -2.37. The number of nitrogens with zero attached hydrogens (tertiary/aromatic N) is 2. The van der Waals surface area contributed by atoms with Gasteiger partial charge in [-0.25, -0.2) is 0 Å². The SMILES string of the molecule is CN1c2ccccc2C(C)(C)C1C=Cc1ccc(N2CCOCC2)cc1. The zero-order valence-electron chi connectivity index (χ0n) is 16.0. The lowest BCUT2D eigenvalue weighted by Gasteiger charge is -2.30. The molecule has 4 rings (SSSR count). The zero-order valence-corrected chi connectivity index (χ0v) is 16.0. The van der Waals surface area contributed by atoms with E-state index in [9.17, 15) is 0 Å². The molecule has 1 unspecified atom stereocenters. The Morgan fingerprint density at radius 1 is 1.00 bits per heavy atom. The van der Waals surface area contributed by atoms with Gasteiger partial charge < -0.3 is 14.5 Å². The van der Waals surface area contributed by atoms with Crippen molar-refractivity contribution in [2.45, 2.75) is 25.3 Å². The van der Waals surface area contributed by atoms with Gasteiger partial charge in [-0.1, -0.05) is 56.3 Å². The number of benzene rings is 2. The fourth-order valence-electron chi connectivity index (χ4n) is 4.31. The molecule has 1 atom stereocenters. The Morgan fingerprint density at radius 3 is 2.38 bits per heavy atom. The fraction of sp³-hybridized carbons (Fsp3) is 0.391. The third-order valence-electron chi connectivity index (χ3n) is 5.88. The van der Waals surface area contributed by atoms with Crippen LogP contribution in [0.15, 0.2) is 54.6 Å². The largest absolute Gasteiger partial charge is 0.378 e. The number of anilines is 2. The van der Waals surface area contributed by atoms with Crippen LogP contribution in [0.25, 0.3) is 6.08 Å². The lowest BCUT2D eigenvalue weighted by molar-refractivity contribution is 0.122. The van der Waals surface area contributed by atoms with Gasteiger partial charge in [0.25, 0.3) is 0 Å². The zero-order chi connectivity index (χ0) is 18.1. The van der Waals surface area contributed by atoms with E-state index >= 15 is 0 Å². The molecule has 136 valence electrons. The fourth-order valence-corrected chi connectivity index (χ4v) is 4.31. The quantitative estimate of drug-likeness (QED) is 0.821. The number of fused-ring (bicyclic) bond motifs is 1. The molecule has 0 bridgehead atoms. The Labute approximate surface area is 156 Å². The van der Waals surface area contributed by atoms with Crippen molar-refractivity contribution in [1.82, 2.24) is 0 Å². The Balaban J connectivity index is 1.51. The van der Waals surface area contributed by atoms with E-state index in [4.69, 9.17) is 4.74 Å². The smallest absolute Gasteiger partial charge is 0.0642 e. The first-order valence-electron chi connectivity index (χ1n) is 9.51. The van der Waals surface area contributed by atoms with Gasteiger partial charge in [-0.2, -0.15) is 0 Å². The van der Waals surface area contributed by atoms with E-state index in [1.54, 1.807) is 0 Å². The summed E-state index contributed by atoms with van der Waals surface area (Å²) in [5, 5.41) is 0. The summed E-state index contributed by atoms with van der Waals surface area (Å²) < 4.78 is 5.44. The maximum atomic E-state index is 5.44. The van der Waals surface area contributed by atoms with Gasteiger partial charge in [0.2, 0.25) is 0 Å². The van der Waals surface area contributed by atoms with Crippen LogP contribution in [0.1, 0.15) is 25.0 Å². The van der Waals surface area contributed by atoms with E-state index in [0.29, 0.717) is 6.04 Å². The second-order valence-corrected chi connectivity index (χ2v) is 7.84. The molecule has 2 aliphatic rings. The Morgan fingerprint density at radius 2 is 1.69 bits per heavy atom. The van der Waals surface area contributed by atoms with Crippen molar-refractivity contribution in [3.05, 3.63) is 65.7 Å². The number of ether oxygens (including phenoxy) is 1. The van der Waals surface area contributed by atoms with Crippen LogP contribution >= 0.6 is 0 Å². The molecule has 0 amide bonds. The monoisotopic (exact) mass is 348 g/mol. The van der Waals surface area contributed by atoms with Crippen LogP contribution in [0, 0.1) is 0 Å². The normalized spacial score (nSPS) is 22.0. The van der Waals surface area contributed by atoms with E-state index < -0.39 is 0 Å². The molecule has 0 N–H and O–H groups in total. The molecule has 2 aromatic carbocycles. The molecule has 2 aromatic rings. The van der Waals surface area contributed by atoms with Gasteiger partial charge in [-0.05, 0) is 29.3 Å². The summed E-state index contributed by atoms with van der Waals surface area (Å²) in [6.07, 6.45) is 4.61. The molecular weight excluding hydrogens is 320 g/mol. The van der Waals surface area contributed by atoms with E-state index in [1.807, 2.05) is 0 Å². The molecule has 3 nitrogen and oxygen atoms in total. The minimum absolute atomic E-state index is 0.107. The van der Waals surface area contributed by atoms with E-state index in [-0.39, 0.29) is 5.41 Å². The van der Waals surface area contributed by atoms with Crippen LogP contribution < -0.4 is 9.80 Å². The maximum absolute atomic E-state index is 5.44. The van der Waals surface area contributed by atoms with Gasteiger partial charge in [0, 0.05) is 36.9 Å². The summed E-state index contributed by atoms with van der Waals surface area (Å²) in [6.45, 7) is 8.29. The van der Waals surface area contributed by atoms with Gasteiger partial charge in [0.05, 0.1) is 19.3 Å². The molecule has 0 aromatic heterocycles. The van der Waals surface area contributed by atoms with Crippen molar-refractivity contribution in [3.8, 4) is 0 Å². The third-order valence-corrected chi connectivity index (χ3v) is 5.88. The standard InChI is InChI=1S/C23H28N2O/c1-23(2)20-6-4-5-7-21(20)24(3)22(23)13-10-18-8-11-19(12-9-18)25-14-16-26-17-15-25/h4-13,22H,14-17H2,1-3H3. The van der Waals surface area contributed by atoms with Crippen LogP contribution in [-0.2, 0) is 10.2 Å². The number of likely N-dealkylation sites (N-methyl/N-ethyl adjacent to an activating group) is 1. The highest BCUT2D eigenvalue weighted by Gasteiger charge is 2.41. The Bertz CT molecular complexity index is 788. The van der Waals surface area contributed by atoms with Gasteiger partial charge in [-0.15, -0.1) is 0 Å². The second kappa shape index (κ2) is 6.81. The first-order chi connectivity index (χ1) is 12.6. The van der Waals surface area contributed by atoms with Crippen LogP contribution in [0.3, 0.4) is 0 Å². The molecule has 1 saturated heterocycles. The topological polar surface area (TPSA) is 15.7 Å². The van der Waals surface area contributed by atoms with Gasteiger partial charge in [0.15, 0.2) is 0 Å². The van der Waals surface area contributed by atoms with Crippen LogP contribution in [0.5, 0.6) is 0 Å². The number of hydrogen-bond donors (Lipinski definition) is 0. The molecule has 0 spiro atoms. The number of hydrogen-bond acceptors (Lipinski definition) is 3. The summed E-state index contributed by atoms with van der Waals surface area (Å²) >= 11 is 0. The van der Waals surface area contributed by atoms with Gasteiger partial charge in [0.1, 0.15) is 0 Å². The van der Waals surface area contributed by atoms with E-state index in [2.05, 4.69) is 91.4 Å². The summed E-state index contributed by atoms with van der Waals surface area (Å²) in [5.41, 5.74) is 5.42. The van der Waals surface area contributed by atoms with Crippen LogP contribution in [0.4, 0.5) is 11.4 Å². The summed E-state index contributed by atoms with van der Waals surface area (Å²) in [4.78, 5) is 4.79. The molecule has 3 heteroatoms. The predicted octanol–water partition coefficient (Wildman–Crippen LogP) is 4.33. The maximum Gasteiger partial charge on any atom is 0.0642 e. The average Bonchev–Trinajstić information content (AvgIpc) is 2.88. The lowest BCUT2D eigenvalue weighted by atomic mass is 9.80. The first kappa shape index (κ1) is 17.2. The summed E-state index contributed by atoms with van der Waals surface area (Å²) in [7, 11) is 2.20. The summed E-state index contributed by atoms with van der Waals surface area (Å²) in [6, 6.07) is 18.0. The van der Waals surface area contributed by atoms with Crippen molar-refractivity contribution in [2.24, 2.45) is 0 Å². The molecule has 2 heterocycles. The number of rotatable bonds is 3. The van der Waals surface area contributed by atoms with Crippen molar-refractivity contribution in [3.63, 3.8) is 0 Å². The molecule has 0 aliphatic carbocycles. The van der Waals surface area contributed by atoms with Crippen LogP contribution in [-0.4, -0.2) is 39.4 Å². The molecule has 0 saturated carbocycles. The number of para-hydroxylation sites is 1. The van der Waals surface area contributed by atoms with E-state index in [1.165, 1.54) is 22.5 Å². The van der Waals surface area contributed by atoms with Gasteiger partial charge >= 0.3 is 0 Å². The number of morpholine rings is 1. The second-order valence-electron chi connectivity index (χ2n) is 7.84. The molecule has 2 aliphatic heterocycles. The highest BCUT2D eigenvalue weighted by Crippen LogP contribution is 2.44. The Hall–Kier alpha value is -2.26. The highest BCUT2D eigenvalue weighted by atomic mass is 16.5. The molecular formula is C23H28N2O. The third kappa shape index (κ3) is 3.01. The first-order valence-corrected chi connectivity index (χ1v) is 9.51. The van der Waals surface area contributed by atoms with Crippen molar-refractivity contribution >= 4 is 17.5 Å². The van der Waals surface area contributed by atoms with Crippen molar-refractivity contribution in [1.29, 1.82) is 0 Å². The minimum Gasteiger partial charge on any atom is -0.378 e. The molecule has 26 heavy (non-hydrogen) atoms.